The summed E-state index contributed by atoms with van der Waals surface area (Å²) >= 11 is 0. The Balaban J connectivity index is 1.83. The summed E-state index contributed by atoms with van der Waals surface area (Å²) in [5, 5.41) is 2.89. The number of nitrogens with one attached hydrogen (secondary N) is 1. The summed E-state index contributed by atoms with van der Waals surface area (Å²) in [7, 11) is 0. The lowest BCUT2D eigenvalue weighted by Gasteiger charge is -2.21. The molecule has 0 aliphatic carbocycles. The van der Waals surface area contributed by atoms with Gasteiger partial charge in [0.25, 0.3) is 0 Å². The number of nitrogens with two attached hydrogens (primary N) is 1. The Morgan fingerprint density at radius 2 is 2.10 bits per heavy atom. The minimum absolute atomic E-state index is 0.0698. The third-order valence-electron chi connectivity index (χ3n) is 3.71. The summed E-state index contributed by atoms with van der Waals surface area (Å²) in [6, 6.07) is 9.33. The molecule has 0 bridgehead atoms. The largest absolute Gasteiger partial charge is 0.353 e. The van der Waals surface area contributed by atoms with Crippen LogP contribution in [0.2, 0.25) is 0 Å². The molecule has 1 aromatic rings. The van der Waals surface area contributed by atoms with Crippen LogP contribution in [0.5, 0.6) is 0 Å². The van der Waals surface area contributed by atoms with E-state index in [-0.39, 0.29) is 24.0 Å². The fraction of sp³-hybridized carbons (Fsp3) is 0.562. The molecule has 3 unspecified atom stereocenters. The second kappa shape index (κ2) is 6.56. The van der Waals surface area contributed by atoms with Gasteiger partial charge in [0, 0.05) is 12.6 Å². The zero-order valence-electron chi connectivity index (χ0n) is 12.8. The molecule has 3 atom stereocenters. The Morgan fingerprint density at radius 1 is 1.43 bits per heavy atom. The topological polar surface area (TPSA) is 73.6 Å². The van der Waals surface area contributed by atoms with E-state index < -0.39 is 5.79 Å². The first-order valence-corrected chi connectivity index (χ1v) is 7.29. The first kappa shape index (κ1) is 15.9. The molecule has 116 valence electrons. The number of amides is 1. The first-order chi connectivity index (χ1) is 9.89. The van der Waals surface area contributed by atoms with E-state index >= 15 is 0 Å². The predicted octanol–water partition coefficient (Wildman–Crippen LogP) is 1.59. The number of benzene rings is 1. The minimum Gasteiger partial charge on any atom is -0.353 e. The van der Waals surface area contributed by atoms with Crippen LogP contribution < -0.4 is 11.1 Å². The molecule has 5 heteroatoms. The van der Waals surface area contributed by atoms with Gasteiger partial charge in [0.15, 0.2) is 5.79 Å². The molecule has 0 radical (unpaired) electrons. The third kappa shape index (κ3) is 4.27. The van der Waals surface area contributed by atoms with E-state index in [1.54, 1.807) is 0 Å². The van der Waals surface area contributed by atoms with Crippen molar-refractivity contribution in [3.8, 4) is 0 Å². The van der Waals surface area contributed by atoms with Crippen molar-refractivity contribution in [3.63, 3.8) is 0 Å². The van der Waals surface area contributed by atoms with Crippen molar-refractivity contribution < 1.29 is 14.3 Å². The van der Waals surface area contributed by atoms with Crippen molar-refractivity contribution in [2.24, 2.45) is 11.7 Å². The molecular weight excluding hydrogens is 268 g/mol. The van der Waals surface area contributed by atoms with Crippen molar-refractivity contribution in [3.05, 3.63) is 35.9 Å². The molecule has 1 aromatic carbocycles. The Kier molecular flexibility index (Phi) is 4.98. The van der Waals surface area contributed by atoms with Crippen LogP contribution in [0.4, 0.5) is 0 Å². The number of carbonyl (C=O) groups is 1. The van der Waals surface area contributed by atoms with Gasteiger partial charge in [0.1, 0.15) is 6.10 Å². The highest BCUT2D eigenvalue weighted by atomic mass is 16.7. The van der Waals surface area contributed by atoms with Gasteiger partial charge in [-0.3, -0.25) is 4.79 Å². The lowest BCUT2D eigenvalue weighted by molar-refractivity contribution is -0.140. The summed E-state index contributed by atoms with van der Waals surface area (Å²) < 4.78 is 11.1. The van der Waals surface area contributed by atoms with E-state index in [9.17, 15) is 4.79 Å². The normalized spacial score (nSPS) is 23.5. The first-order valence-electron chi connectivity index (χ1n) is 7.29. The Bertz CT molecular complexity index is 476. The van der Waals surface area contributed by atoms with E-state index in [1.165, 1.54) is 0 Å². The van der Waals surface area contributed by atoms with E-state index in [1.807, 2.05) is 51.1 Å². The number of rotatable bonds is 5. The molecule has 5 nitrogen and oxygen atoms in total. The van der Waals surface area contributed by atoms with Gasteiger partial charge >= 0.3 is 0 Å². The maximum absolute atomic E-state index is 12.2. The highest BCUT2D eigenvalue weighted by Crippen LogP contribution is 2.22. The fourth-order valence-corrected chi connectivity index (χ4v) is 2.37. The smallest absolute Gasteiger partial charge is 0.224 e. The average Bonchev–Trinajstić information content (AvgIpc) is 2.83. The van der Waals surface area contributed by atoms with Gasteiger partial charge < -0.3 is 20.5 Å². The standard InChI is InChI=1S/C16H24N2O3/c1-11(14(17)12-7-5-4-6-8-12)15(19)18-9-13-10-20-16(2,3)21-13/h4-8,11,13-14H,9-10,17H2,1-3H3,(H,18,19). The van der Waals surface area contributed by atoms with Crippen molar-refractivity contribution in [1.82, 2.24) is 5.32 Å². The highest BCUT2D eigenvalue weighted by Gasteiger charge is 2.33. The molecule has 3 N–H and O–H groups in total. The van der Waals surface area contributed by atoms with Crippen LogP contribution in [-0.4, -0.2) is 30.9 Å². The monoisotopic (exact) mass is 292 g/mol. The molecule has 1 fully saturated rings. The van der Waals surface area contributed by atoms with Crippen molar-refractivity contribution in [1.29, 1.82) is 0 Å². The lowest BCUT2D eigenvalue weighted by atomic mass is 9.94. The molecule has 2 rings (SSSR count). The molecule has 1 saturated heterocycles. The van der Waals surface area contributed by atoms with Crippen LogP contribution in [0.15, 0.2) is 30.3 Å². The zero-order valence-corrected chi connectivity index (χ0v) is 12.8. The van der Waals surface area contributed by atoms with Crippen molar-refractivity contribution in [2.75, 3.05) is 13.2 Å². The van der Waals surface area contributed by atoms with Crippen LogP contribution in [-0.2, 0) is 14.3 Å². The van der Waals surface area contributed by atoms with Gasteiger partial charge in [-0.05, 0) is 19.4 Å². The van der Waals surface area contributed by atoms with Crippen LogP contribution in [0.1, 0.15) is 32.4 Å². The molecule has 1 aliphatic heterocycles. The van der Waals surface area contributed by atoms with Crippen molar-refractivity contribution in [2.45, 2.75) is 38.7 Å². The van der Waals surface area contributed by atoms with E-state index in [2.05, 4.69) is 5.32 Å². The zero-order chi connectivity index (χ0) is 15.5. The van der Waals surface area contributed by atoms with Crippen LogP contribution >= 0.6 is 0 Å². The molecular formula is C16H24N2O3. The van der Waals surface area contributed by atoms with Crippen LogP contribution in [0.25, 0.3) is 0 Å². The van der Waals surface area contributed by atoms with E-state index in [4.69, 9.17) is 15.2 Å². The molecule has 0 saturated carbocycles. The summed E-state index contributed by atoms with van der Waals surface area (Å²) in [6.07, 6.45) is -0.107. The van der Waals surface area contributed by atoms with Gasteiger partial charge in [-0.1, -0.05) is 37.3 Å². The van der Waals surface area contributed by atoms with Gasteiger partial charge in [0.05, 0.1) is 12.5 Å². The Labute approximate surface area is 125 Å². The summed E-state index contributed by atoms with van der Waals surface area (Å²) in [5.74, 6) is -0.941. The van der Waals surface area contributed by atoms with Crippen molar-refractivity contribution >= 4 is 5.91 Å². The van der Waals surface area contributed by atoms with Crippen LogP contribution in [0, 0.1) is 5.92 Å². The van der Waals surface area contributed by atoms with E-state index in [0.717, 1.165) is 5.56 Å². The number of hydrogen-bond donors (Lipinski definition) is 2. The summed E-state index contributed by atoms with van der Waals surface area (Å²) in [5.41, 5.74) is 7.11. The highest BCUT2D eigenvalue weighted by molar-refractivity contribution is 5.79. The quantitative estimate of drug-likeness (QED) is 0.864. The second-order valence-corrected chi connectivity index (χ2v) is 5.92. The van der Waals surface area contributed by atoms with Gasteiger partial charge in [0.2, 0.25) is 5.91 Å². The molecule has 1 heterocycles. The predicted molar refractivity (Wildman–Crippen MR) is 80.4 cm³/mol. The fourth-order valence-electron chi connectivity index (χ4n) is 2.37. The van der Waals surface area contributed by atoms with E-state index in [0.29, 0.717) is 13.2 Å². The Morgan fingerprint density at radius 3 is 2.67 bits per heavy atom. The maximum atomic E-state index is 12.2. The SMILES string of the molecule is CC(C(=O)NCC1COC(C)(C)O1)C(N)c1ccccc1. The molecule has 1 aliphatic rings. The number of carbonyl (C=O) groups excluding carboxylic acids is 1. The third-order valence-corrected chi connectivity index (χ3v) is 3.71. The molecule has 21 heavy (non-hydrogen) atoms. The molecule has 0 spiro atoms. The average molecular weight is 292 g/mol. The number of hydrogen-bond acceptors (Lipinski definition) is 4. The lowest BCUT2D eigenvalue weighted by Crippen LogP contribution is -2.40. The molecule has 1 amide bonds. The summed E-state index contributed by atoms with van der Waals surface area (Å²) in [4.78, 5) is 12.2. The van der Waals surface area contributed by atoms with Gasteiger partial charge in [-0.25, -0.2) is 0 Å². The molecule has 0 aromatic heterocycles. The van der Waals surface area contributed by atoms with Crippen LogP contribution in [0.3, 0.4) is 0 Å². The maximum Gasteiger partial charge on any atom is 0.224 e. The minimum atomic E-state index is -0.568. The number of ether oxygens (including phenoxy) is 2. The summed E-state index contributed by atoms with van der Waals surface area (Å²) in [6.45, 7) is 6.50. The van der Waals surface area contributed by atoms with Gasteiger partial charge in [-0.15, -0.1) is 0 Å². The second-order valence-electron chi connectivity index (χ2n) is 5.92. The Hall–Kier alpha value is -1.43. The van der Waals surface area contributed by atoms with Gasteiger partial charge in [-0.2, -0.15) is 0 Å².